The van der Waals surface area contributed by atoms with E-state index in [1.165, 1.54) is 7.80 Å². The molecule has 0 aliphatic rings. The second kappa shape index (κ2) is 6.53. The van der Waals surface area contributed by atoms with E-state index in [4.69, 9.17) is 4.74 Å². The zero-order chi connectivity index (χ0) is 13.9. The van der Waals surface area contributed by atoms with Crippen LogP contribution in [-0.2, 0) is 0 Å². The molecule has 1 heterocycles. The molecule has 18 heavy (non-hydrogen) atoms. The fourth-order valence-corrected chi connectivity index (χ4v) is 6.84. The molecule has 0 saturated heterocycles. The Bertz CT molecular complexity index is 455. The minimum absolute atomic E-state index is 0.695. The summed E-state index contributed by atoms with van der Waals surface area (Å²) in [4.78, 5) is 10.6. The maximum absolute atomic E-state index is 5.67. The van der Waals surface area contributed by atoms with Crippen molar-refractivity contribution in [2.45, 2.75) is 28.7 Å². The Morgan fingerprint density at radius 1 is 1.39 bits per heavy atom. The van der Waals surface area contributed by atoms with Gasteiger partial charge >= 0.3 is 124 Å². The van der Waals surface area contributed by atoms with Gasteiger partial charge in [-0.25, -0.2) is 0 Å². The number of aryl methyl sites for hydroxylation is 1. The Hall–Kier alpha value is 0.129. The molecule has 0 spiro atoms. The van der Waals surface area contributed by atoms with Gasteiger partial charge in [-0.15, -0.1) is 0 Å². The van der Waals surface area contributed by atoms with Gasteiger partial charge in [-0.05, 0) is 0 Å². The van der Waals surface area contributed by atoms with E-state index in [0.717, 1.165) is 15.5 Å². The van der Waals surface area contributed by atoms with Crippen LogP contribution < -0.4 is 4.74 Å². The number of ether oxygens (including phenoxy) is 1. The molecule has 0 radical (unpaired) electrons. The van der Waals surface area contributed by atoms with Crippen molar-refractivity contribution in [1.82, 2.24) is 0 Å². The van der Waals surface area contributed by atoms with Crippen LogP contribution in [0.3, 0.4) is 0 Å². The van der Waals surface area contributed by atoms with E-state index in [0.29, 0.717) is 6.61 Å². The second-order valence-corrected chi connectivity index (χ2v) is 23.2. The first-order valence-electron chi connectivity index (χ1n) is 6.05. The summed E-state index contributed by atoms with van der Waals surface area (Å²) in [5, 5.41) is 0. The normalized spacial score (nSPS) is 11.4. The molecule has 0 amide bonds. The van der Waals surface area contributed by atoms with Gasteiger partial charge in [0.1, 0.15) is 0 Å². The maximum atomic E-state index is 5.67. The van der Waals surface area contributed by atoms with Crippen molar-refractivity contribution in [2.24, 2.45) is 0 Å². The van der Waals surface area contributed by atoms with E-state index in [-0.39, 0.29) is 0 Å². The van der Waals surface area contributed by atoms with Crippen LogP contribution in [0, 0.1) is 6.92 Å². The van der Waals surface area contributed by atoms with Gasteiger partial charge in [0.25, 0.3) is 0 Å². The van der Waals surface area contributed by atoms with Gasteiger partial charge in [-0.2, -0.15) is 0 Å². The summed E-state index contributed by atoms with van der Waals surface area (Å²) >= 11 is 1.47. The predicted octanol–water partition coefficient (Wildman–Crippen LogP) is 5.55. The first-order valence-corrected chi connectivity index (χ1v) is 17.7. The number of thioether (sulfide) groups is 1. The molecule has 0 aromatic carbocycles. The zero-order valence-corrected chi connectivity index (χ0v) is 16.4. The average Bonchev–Trinajstić information content (AvgIpc) is 2.58. The fraction of sp³-hybridized carbons (Fsp3) is 0.429. The van der Waals surface area contributed by atoms with Crippen molar-refractivity contribution in [3.8, 4) is 5.75 Å². The van der Waals surface area contributed by atoms with Crippen LogP contribution in [-0.4, -0.2) is 25.0 Å². The third kappa shape index (κ3) is 4.35. The zero-order valence-electron chi connectivity index (χ0n) is 11.9. The van der Waals surface area contributed by atoms with Crippen LogP contribution in [0.15, 0.2) is 22.1 Å². The molecule has 0 fully saturated rings. The first-order chi connectivity index (χ1) is 8.25. The van der Waals surface area contributed by atoms with E-state index in [2.05, 4.69) is 41.0 Å². The molecular weight excluding hydrogens is 367 g/mol. The molecule has 0 N–H and O–H groups in total. The van der Waals surface area contributed by atoms with Crippen LogP contribution >= 0.6 is 23.1 Å². The molecule has 1 aromatic rings. The second-order valence-electron chi connectivity index (χ2n) is 5.18. The Labute approximate surface area is 123 Å². The van der Waals surface area contributed by atoms with Crippen molar-refractivity contribution in [1.29, 1.82) is 0 Å². The number of hydrogen-bond acceptors (Lipinski definition) is 3. The molecule has 0 unspecified atom stereocenters. The summed E-state index contributed by atoms with van der Waals surface area (Å²) < 4.78 is 7.01. The van der Waals surface area contributed by atoms with Crippen molar-refractivity contribution in [2.75, 3.05) is 6.61 Å². The van der Waals surface area contributed by atoms with Crippen molar-refractivity contribution in [3.05, 3.63) is 31.9 Å². The Kier molecular flexibility index (Phi) is 5.87. The van der Waals surface area contributed by atoms with Crippen molar-refractivity contribution >= 4 is 46.4 Å². The van der Waals surface area contributed by atoms with E-state index >= 15 is 0 Å². The summed E-state index contributed by atoms with van der Waals surface area (Å²) in [6, 6.07) is 2.10. The van der Waals surface area contributed by atoms with E-state index in [1.807, 2.05) is 6.92 Å². The van der Waals surface area contributed by atoms with E-state index in [9.17, 15) is 0 Å². The van der Waals surface area contributed by atoms with Crippen molar-refractivity contribution < 1.29 is 4.74 Å². The van der Waals surface area contributed by atoms with E-state index < -0.39 is 18.4 Å². The quantitative estimate of drug-likeness (QED) is 0.590. The monoisotopic (exact) mass is 390 g/mol. The summed E-state index contributed by atoms with van der Waals surface area (Å²) in [5.41, 5.74) is 0. The topological polar surface area (TPSA) is 9.23 Å². The summed E-state index contributed by atoms with van der Waals surface area (Å²) in [7, 11) is 0. The summed E-state index contributed by atoms with van der Waals surface area (Å²) in [6.07, 6.45) is 0. The molecule has 1 aromatic heterocycles. The third-order valence-corrected chi connectivity index (χ3v) is 14.1. The summed E-state index contributed by atoms with van der Waals surface area (Å²) in [6.45, 7) is 13.2. The molecule has 1 rings (SSSR count). The van der Waals surface area contributed by atoms with Crippen LogP contribution in [0.2, 0.25) is 14.8 Å². The molecule has 100 valence electrons. The molecule has 4 heteroatoms. The third-order valence-electron chi connectivity index (χ3n) is 2.46. The Morgan fingerprint density at radius 3 is 2.50 bits per heavy atom. The Balaban J connectivity index is 2.87. The number of thiophene rings is 1. The number of hydrogen-bond donors (Lipinski definition) is 0. The molecule has 0 aliphatic heterocycles. The van der Waals surface area contributed by atoms with Gasteiger partial charge in [0, 0.05) is 0 Å². The molecule has 0 bridgehead atoms. The molecular formula is C14H22OS2Sn. The Morgan fingerprint density at radius 2 is 2.00 bits per heavy atom. The van der Waals surface area contributed by atoms with Gasteiger partial charge in [-0.1, -0.05) is 0 Å². The van der Waals surface area contributed by atoms with Gasteiger partial charge in [0.05, 0.1) is 0 Å². The molecule has 1 nitrogen and oxygen atoms in total. The summed E-state index contributed by atoms with van der Waals surface area (Å²) in [5.74, 6) is 0.967. The molecule has 0 atom stereocenters. The van der Waals surface area contributed by atoms with Gasteiger partial charge < -0.3 is 0 Å². The predicted molar refractivity (Wildman–Crippen MR) is 89.3 cm³/mol. The van der Waals surface area contributed by atoms with E-state index in [1.54, 1.807) is 23.1 Å². The number of rotatable bonds is 6. The fourth-order valence-electron chi connectivity index (χ4n) is 1.30. The first kappa shape index (κ1) is 16.2. The van der Waals surface area contributed by atoms with Crippen LogP contribution in [0.25, 0.3) is 4.91 Å². The van der Waals surface area contributed by atoms with Crippen LogP contribution in [0.5, 0.6) is 5.75 Å². The van der Waals surface area contributed by atoms with Gasteiger partial charge in [0.2, 0.25) is 0 Å². The minimum atomic E-state index is -2.03. The average molecular weight is 389 g/mol. The SMILES string of the molecule is C=C(S[C](=C)[Sn]([CH3])([CH3])[CH3])c1sc(C)cc1OCC. The van der Waals surface area contributed by atoms with Crippen LogP contribution in [0.4, 0.5) is 0 Å². The van der Waals surface area contributed by atoms with Crippen LogP contribution in [0.1, 0.15) is 16.7 Å². The van der Waals surface area contributed by atoms with Gasteiger partial charge in [-0.3, -0.25) is 0 Å². The standard InChI is InChI=1S/C11H13OS2.3CH3.Sn/c1-5-12-10-7-8(3)14-11(10)9(4)13-6-2;;;;/h7H,2,4-5H2,1,3H3;3*1H3;. The molecule has 0 aliphatic carbocycles. The van der Waals surface area contributed by atoms with Crippen molar-refractivity contribution in [3.63, 3.8) is 0 Å². The molecule has 0 saturated carbocycles. The van der Waals surface area contributed by atoms with Gasteiger partial charge in [0.15, 0.2) is 0 Å².